The van der Waals surface area contributed by atoms with Crippen LogP contribution in [0.5, 0.6) is 0 Å². The van der Waals surface area contributed by atoms with Crippen molar-refractivity contribution < 1.29 is 32.3 Å². The number of hydrogen-bond acceptors (Lipinski definition) is 4. The van der Waals surface area contributed by atoms with Gasteiger partial charge in [0.25, 0.3) is 0 Å². The molecule has 0 aromatic heterocycles. The van der Waals surface area contributed by atoms with Crippen LogP contribution >= 0.6 is 0 Å². The Balaban J connectivity index is 2.45. The van der Waals surface area contributed by atoms with Crippen LogP contribution in [-0.2, 0) is 19.1 Å². The zero-order chi connectivity index (χ0) is 17.1. The van der Waals surface area contributed by atoms with Crippen molar-refractivity contribution in [2.24, 2.45) is 5.92 Å². The minimum absolute atomic E-state index is 0.295. The minimum Gasteiger partial charge on any atom is -0.459 e. The fourth-order valence-electron chi connectivity index (χ4n) is 2.00. The summed E-state index contributed by atoms with van der Waals surface area (Å²) >= 11 is 0. The summed E-state index contributed by atoms with van der Waals surface area (Å²) < 4.78 is 41.8. The predicted molar refractivity (Wildman–Crippen MR) is 69.6 cm³/mol. The monoisotopic (exact) mass is 324 g/mol. The summed E-state index contributed by atoms with van der Waals surface area (Å²) in [5.41, 5.74) is -0.700. The number of esters is 1. The first-order valence-electron chi connectivity index (χ1n) is 6.71. The molecule has 126 valence electrons. The molecule has 0 spiro atoms. The van der Waals surface area contributed by atoms with E-state index in [0.29, 0.717) is 4.90 Å². The van der Waals surface area contributed by atoms with E-state index >= 15 is 0 Å². The zero-order valence-corrected chi connectivity index (χ0v) is 12.6. The quantitative estimate of drug-likeness (QED) is 0.778. The number of amides is 2. The number of likely N-dealkylation sites (tertiary alicyclic amines) is 1. The van der Waals surface area contributed by atoms with Crippen LogP contribution in [0.2, 0.25) is 0 Å². The normalized spacial score (nSPS) is 19.3. The fraction of sp³-hybridized carbons (Fsp3) is 0.769. The molecule has 1 atom stereocenters. The van der Waals surface area contributed by atoms with Crippen LogP contribution in [0.15, 0.2) is 0 Å². The molecule has 0 aromatic carbocycles. The molecule has 1 fully saturated rings. The summed E-state index contributed by atoms with van der Waals surface area (Å²) in [6.45, 7) is 2.92. The van der Waals surface area contributed by atoms with Crippen molar-refractivity contribution in [3.8, 4) is 0 Å². The third-order valence-corrected chi connectivity index (χ3v) is 2.78. The van der Waals surface area contributed by atoms with Gasteiger partial charge in [0.05, 0.1) is 5.92 Å². The summed E-state index contributed by atoms with van der Waals surface area (Å²) in [6.07, 6.45) is -4.80. The number of carbonyl (C=O) groups is 3. The Bertz CT molecular complexity index is 457. The Morgan fingerprint density at radius 1 is 1.32 bits per heavy atom. The van der Waals surface area contributed by atoms with Gasteiger partial charge in [0.1, 0.15) is 18.7 Å². The number of hydrogen-bond donors (Lipinski definition) is 1. The molecule has 1 N–H and O–H groups in total. The smallest absolute Gasteiger partial charge is 0.406 e. The van der Waals surface area contributed by atoms with E-state index in [9.17, 15) is 27.6 Å². The van der Waals surface area contributed by atoms with Gasteiger partial charge in [-0.3, -0.25) is 14.4 Å². The van der Waals surface area contributed by atoms with E-state index in [1.807, 2.05) is 0 Å². The topological polar surface area (TPSA) is 75.7 Å². The van der Waals surface area contributed by atoms with Crippen molar-refractivity contribution in [3.63, 3.8) is 0 Å². The van der Waals surface area contributed by atoms with Crippen LogP contribution in [-0.4, -0.2) is 54.1 Å². The van der Waals surface area contributed by atoms with E-state index in [1.165, 1.54) is 0 Å². The SMILES string of the molecule is CC(C)(C)OC(=O)CNC(=O)C1CC(=O)N(CC(F)(F)F)C1. The molecule has 1 aliphatic rings. The highest BCUT2D eigenvalue weighted by Crippen LogP contribution is 2.23. The van der Waals surface area contributed by atoms with Gasteiger partial charge in [0, 0.05) is 13.0 Å². The number of halogens is 3. The maximum atomic E-state index is 12.3. The van der Waals surface area contributed by atoms with Gasteiger partial charge in [-0.1, -0.05) is 0 Å². The molecule has 9 heteroatoms. The highest BCUT2D eigenvalue weighted by atomic mass is 19.4. The summed E-state index contributed by atoms with van der Waals surface area (Å²) in [4.78, 5) is 35.3. The number of rotatable bonds is 4. The molecule has 22 heavy (non-hydrogen) atoms. The second-order valence-electron chi connectivity index (χ2n) is 6.09. The van der Waals surface area contributed by atoms with Gasteiger partial charge in [-0.25, -0.2) is 0 Å². The predicted octanol–water partition coefficient (Wildman–Crippen LogP) is 0.855. The lowest BCUT2D eigenvalue weighted by atomic mass is 10.1. The van der Waals surface area contributed by atoms with E-state index in [-0.39, 0.29) is 19.5 Å². The Morgan fingerprint density at radius 2 is 1.91 bits per heavy atom. The molecule has 0 radical (unpaired) electrons. The van der Waals surface area contributed by atoms with Crippen molar-refractivity contribution in [2.75, 3.05) is 19.6 Å². The first kappa shape index (κ1) is 18.2. The first-order valence-corrected chi connectivity index (χ1v) is 6.71. The number of ether oxygens (including phenoxy) is 1. The number of nitrogens with zero attached hydrogens (tertiary/aromatic N) is 1. The lowest BCUT2D eigenvalue weighted by Gasteiger charge is -2.20. The van der Waals surface area contributed by atoms with Crippen molar-refractivity contribution in [2.45, 2.75) is 39.0 Å². The summed E-state index contributed by atoms with van der Waals surface area (Å²) in [5, 5.41) is 2.28. The largest absolute Gasteiger partial charge is 0.459 e. The van der Waals surface area contributed by atoms with Crippen LogP contribution in [0, 0.1) is 5.92 Å². The number of alkyl halides is 3. The molecule has 0 aromatic rings. The molecule has 1 rings (SSSR count). The highest BCUT2D eigenvalue weighted by Gasteiger charge is 2.40. The Hall–Kier alpha value is -1.80. The fourth-order valence-corrected chi connectivity index (χ4v) is 2.00. The molecule has 1 unspecified atom stereocenters. The Kier molecular flexibility index (Phi) is 5.42. The van der Waals surface area contributed by atoms with Gasteiger partial charge in [0.2, 0.25) is 11.8 Å². The molecule has 1 saturated heterocycles. The van der Waals surface area contributed by atoms with Crippen LogP contribution < -0.4 is 5.32 Å². The highest BCUT2D eigenvalue weighted by molar-refractivity contribution is 5.90. The number of nitrogens with one attached hydrogen (secondary N) is 1. The van der Waals surface area contributed by atoms with Gasteiger partial charge >= 0.3 is 12.1 Å². The van der Waals surface area contributed by atoms with Crippen molar-refractivity contribution in [1.82, 2.24) is 10.2 Å². The van der Waals surface area contributed by atoms with Gasteiger partial charge < -0.3 is 15.0 Å². The number of carbonyl (C=O) groups excluding carboxylic acids is 3. The lowest BCUT2D eigenvalue weighted by molar-refractivity contribution is -0.157. The summed E-state index contributed by atoms with van der Waals surface area (Å²) in [7, 11) is 0. The first-order chi connectivity index (χ1) is 9.87. The molecule has 0 saturated carbocycles. The molecular weight excluding hydrogens is 305 g/mol. The van der Waals surface area contributed by atoms with Crippen LogP contribution in [0.4, 0.5) is 13.2 Å². The van der Waals surface area contributed by atoms with Gasteiger partial charge in [0.15, 0.2) is 0 Å². The van der Waals surface area contributed by atoms with Crippen molar-refractivity contribution in [1.29, 1.82) is 0 Å². The Labute approximate surface area is 126 Å². The molecule has 6 nitrogen and oxygen atoms in total. The summed E-state index contributed by atoms with van der Waals surface area (Å²) in [5.74, 6) is -2.91. The summed E-state index contributed by atoms with van der Waals surface area (Å²) in [6, 6.07) is 0. The zero-order valence-electron chi connectivity index (χ0n) is 12.6. The van der Waals surface area contributed by atoms with Gasteiger partial charge in [-0.15, -0.1) is 0 Å². The maximum Gasteiger partial charge on any atom is 0.406 e. The van der Waals surface area contributed by atoms with Crippen molar-refractivity contribution in [3.05, 3.63) is 0 Å². The van der Waals surface area contributed by atoms with E-state index in [4.69, 9.17) is 4.74 Å². The van der Waals surface area contributed by atoms with Crippen molar-refractivity contribution >= 4 is 17.8 Å². The second-order valence-corrected chi connectivity index (χ2v) is 6.09. The molecule has 0 bridgehead atoms. The lowest BCUT2D eigenvalue weighted by Crippen LogP contribution is -2.39. The van der Waals surface area contributed by atoms with Crippen LogP contribution in [0.1, 0.15) is 27.2 Å². The van der Waals surface area contributed by atoms with E-state index in [0.717, 1.165) is 0 Å². The third kappa shape index (κ3) is 6.31. The molecule has 1 heterocycles. The van der Waals surface area contributed by atoms with E-state index in [2.05, 4.69) is 5.32 Å². The van der Waals surface area contributed by atoms with Crippen LogP contribution in [0.3, 0.4) is 0 Å². The minimum atomic E-state index is -4.50. The maximum absolute atomic E-state index is 12.3. The van der Waals surface area contributed by atoms with Crippen LogP contribution in [0.25, 0.3) is 0 Å². The van der Waals surface area contributed by atoms with Gasteiger partial charge in [-0.05, 0) is 20.8 Å². The Morgan fingerprint density at radius 3 is 2.41 bits per heavy atom. The van der Waals surface area contributed by atoms with E-state index in [1.54, 1.807) is 20.8 Å². The third-order valence-electron chi connectivity index (χ3n) is 2.78. The molecule has 0 aliphatic carbocycles. The molecular formula is C13H19F3N2O4. The average molecular weight is 324 g/mol. The molecule has 1 aliphatic heterocycles. The van der Waals surface area contributed by atoms with E-state index < -0.39 is 42.0 Å². The second kappa shape index (κ2) is 6.53. The average Bonchev–Trinajstić information content (AvgIpc) is 2.63. The van der Waals surface area contributed by atoms with Gasteiger partial charge in [-0.2, -0.15) is 13.2 Å². The standard InChI is InChI=1S/C13H19F3N2O4/c1-12(2,3)22-10(20)5-17-11(21)8-4-9(19)18(6-8)7-13(14,15)16/h8H,4-7H2,1-3H3,(H,17,21). The molecule has 2 amide bonds.